The molecule has 0 N–H and O–H groups in total. The van der Waals surface area contributed by atoms with E-state index in [-0.39, 0.29) is 18.1 Å². The second-order valence-electron chi connectivity index (χ2n) is 4.53. The van der Waals surface area contributed by atoms with E-state index in [1.165, 1.54) is 11.3 Å². The number of rotatable bonds is 1. The fourth-order valence-corrected chi connectivity index (χ4v) is 3.57. The van der Waals surface area contributed by atoms with Gasteiger partial charge in [0.15, 0.2) is 0 Å². The number of hydrogen-bond acceptors (Lipinski definition) is 3. The van der Waals surface area contributed by atoms with Gasteiger partial charge in [-0.15, -0.1) is 11.3 Å². The normalized spacial score (nSPS) is 25.1. The lowest BCUT2D eigenvalue weighted by Gasteiger charge is -2.35. The van der Waals surface area contributed by atoms with Crippen LogP contribution in [0.1, 0.15) is 29.1 Å². The molecule has 2 rings (SSSR count). The van der Waals surface area contributed by atoms with Crippen LogP contribution < -0.4 is 0 Å². The highest BCUT2D eigenvalue weighted by Crippen LogP contribution is 2.28. The van der Waals surface area contributed by atoms with E-state index in [4.69, 9.17) is 4.74 Å². The van der Waals surface area contributed by atoms with Crippen LogP contribution in [0.4, 0.5) is 0 Å². The largest absolute Gasteiger partial charge is 0.372 e. The molecule has 0 radical (unpaired) electrons. The van der Waals surface area contributed by atoms with Crippen molar-refractivity contribution in [3.63, 3.8) is 0 Å². The van der Waals surface area contributed by atoms with Gasteiger partial charge >= 0.3 is 0 Å². The molecule has 2 atom stereocenters. The van der Waals surface area contributed by atoms with Crippen LogP contribution in [0.5, 0.6) is 0 Å². The number of hydrogen-bond donors (Lipinski definition) is 0. The van der Waals surface area contributed by atoms with Gasteiger partial charge in [-0.05, 0) is 48.3 Å². The maximum atomic E-state index is 12.3. The standard InChI is InChI=1S/C12H16BrNO2S/c1-7-4-10(17-11(7)13)12(15)14-5-8(2)16-9(3)6-14/h4,8-9H,5-6H2,1-3H3/t8-,9+. The van der Waals surface area contributed by atoms with Gasteiger partial charge in [0.25, 0.3) is 5.91 Å². The summed E-state index contributed by atoms with van der Waals surface area (Å²) in [5.74, 6) is 0.116. The molecular weight excluding hydrogens is 302 g/mol. The summed E-state index contributed by atoms with van der Waals surface area (Å²) in [6.07, 6.45) is 0.236. The van der Waals surface area contributed by atoms with Gasteiger partial charge < -0.3 is 9.64 Å². The predicted molar refractivity (Wildman–Crippen MR) is 72.7 cm³/mol. The first-order valence-corrected chi connectivity index (χ1v) is 7.29. The van der Waals surface area contributed by atoms with E-state index in [9.17, 15) is 4.79 Å². The molecule has 2 heterocycles. The molecule has 94 valence electrons. The topological polar surface area (TPSA) is 29.5 Å². The summed E-state index contributed by atoms with van der Waals surface area (Å²) < 4.78 is 6.67. The van der Waals surface area contributed by atoms with Crippen molar-refractivity contribution in [3.05, 3.63) is 20.3 Å². The zero-order chi connectivity index (χ0) is 12.6. The average molecular weight is 318 g/mol. The number of carbonyl (C=O) groups excluding carboxylic acids is 1. The second kappa shape index (κ2) is 5.08. The van der Waals surface area contributed by atoms with E-state index in [1.54, 1.807) is 0 Å². The van der Waals surface area contributed by atoms with Gasteiger partial charge in [-0.2, -0.15) is 0 Å². The lowest BCUT2D eigenvalue weighted by molar-refractivity contribution is -0.0585. The molecule has 0 aromatic carbocycles. The van der Waals surface area contributed by atoms with Crippen LogP contribution in [0.15, 0.2) is 9.85 Å². The molecule has 0 spiro atoms. The first-order chi connectivity index (χ1) is 7.97. The van der Waals surface area contributed by atoms with Crippen molar-refractivity contribution in [3.8, 4) is 0 Å². The minimum Gasteiger partial charge on any atom is -0.372 e. The summed E-state index contributed by atoms with van der Waals surface area (Å²) >= 11 is 4.96. The number of amides is 1. The summed E-state index contributed by atoms with van der Waals surface area (Å²) in [6, 6.07) is 1.95. The van der Waals surface area contributed by atoms with Crippen molar-refractivity contribution >= 4 is 33.2 Å². The van der Waals surface area contributed by atoms with Crippen LogP contribution in [-0.2, 0) is 4.74 Å². The van der Waals surface area contributed by atoms with Gasteiger partial charge in [-0.3, -0.25) is 4.79 Å². The van der Waals surface area contributed by atoms with E-state index in [0.717, 1.165) is 14.2 Å². The Balaban J connectivity index is 2.14. The number of thiophene rings is 1. The number of morpholine rings is 1. The summed E-state index contributed by atoms with van der Waals surface area (Å²) in [4.78, 5) is 15.0. The molecule has 1 aromatic heterocycles. The van der Waals surface area contributed by atoms with E-state index in [1.807, 2.05) is 31.7 Å². The summed E-state index contributed by atoms with van der Waals surface area (Å²) in [7, 11) is 0. The summed E-state index contributed by atoms with van der Waals surface area (Å²) in [5.41, 5.74) is 1.12. The number of carbonyl (C=O) groups is 1. The monoisotopic (exact) mass is 317 g/mol. The van der Waals surface area contributed by atoms with Gasteiger partial charge in [0.05, 0.1) is 20.9 Å². The fourth-order valence-electron chi connectivity index (χ4n) is 2.06. The molecule has 0 aliphatic carbocycles. The Morgan fingerprint density at radius 3 is 2.53 bits per heavy atom. The van der Waals surface area contributed by atoms with Crippen molar-refractivity contribution in [2.75, 3.05) is 13.1 Å². The van der Waals surface area contributed by atoms with Gasteiger partial charge in [0.1, 0.15) is 0 Å². The molecule has 1 aliphatic rings. The number of halogens is 1. The molecule has 0 bridgehead atoms. The Hall–Kier alpha value is -0.390. The Kier molecular flexibility index (Phi) is 3.90. The van der Waals surface area contributed by atoms with Crippen LogP contribution in [0.25, 0.3) is 0 Å². The first kappa shape index (κ1) is 13.1. The molecule has 0 saturated carbocycles. The Bertz CT molecular complexity index is 403. The van der Waals surface area contributed by atoms with Gasteiger partial charge in [-0.25, -0.2) is 0 Å². The van der Waals surface area contributed by atoms with Crippen molar-refractivity contribution in [1.82, 2.24) is 4.90 Å². The molecule has 1 aromatic rings. The second-order valence-corrected chi connectivity index (χ2v) is 6.90. The molecule has 5 heteroatoms. The molecule has 1 amide bonds. The van der Waals surface area contributed by atoms with E-state index < -0.39 is 0 Å². The third-order valence-electron chi connectivity index (χ3n) is 2.77. The number of ether oxygens (including phenoxy) is 1. The van der Waals surface area contributed by atoms with E-state index >= 15 is 0 Å². The maximum Gasteiger partial charge on any atom is 0.264 e. The first-order valence-electron chi connectivity index (χ1n) is 5.68. The quantitative estimate of drug-likeness (QED) is 0.796. The Morgan fingerprint density at radius 2 is 2.06 bits per heavy atom. The molecular formula is C12H16BrNO2S. The fraction of sp³-hybridized carbons (Fsp3) is 0.583. The Morgan fingerprint density at radius 1 is 1.47 bits per heavy atom. The number of nitrogens with zero attached hydrogens (tertiary/aromatic N) is 1. The molecule has 1 fully saturated rings. The third kappa shape index (κ3) is 2.89. The van der Waals surface area contributed by atoms with E-state index in [2.05, 4.69) is 15.9 Å². The highest BCUT2D eigenvalue weighted by atomic mass is 79.9. The molecule has 3 nitrogen and oxygen atoms in total. The summed E-state index contributed by atoms with van der Waals surface area (Å²) in [6.45, 7) is 7.37. The average Bonchev–Trinajstić information content (AvgIpc) is 2.57. The molecule has 0 unspecified atom stereocenters. The number of aryl methyl sites for hydroxylation is 1. The lowest BCUT2D eigenvalue weighted by atomic mass is 10.2. The Labute approximate surface area is 114 Å². The third-order valence-corrected chi connectivity index (χ3v) is 4.90. The van der Waals surface area contributed by atoms with Crippen LogP contribution >= 0.6 is 27.3 Å². The zero-order valence-corrected chi connectivity index (χ0v) is 12.6. The van der Waals surface area contributed by atoms with Crippen LogP contribution in [0.3, 0.4) is 0 Å². The van der Waals surface area contributed by atoms with Crippen molar-refractivity contribution in [2.45, 2.75) is 33.0 Å². The minimum atomic E-state index is 0.116. The van der Waals surface area contributed by atoms with Crippen molar-refractivity contribution in [2.24, 2.45) is 0 Å². The van der Waals surface area contributed by atoms with Crippen LogP contribution in [0, 0.1) is 6.92 Å². The van der Waals surface area contributed by atoms with E-state index in [0.29, 0.717) is 13.1 Å². The summed E-state index contributed by atoms with van der Waals surface area (Å²) in [5, 5.41) is 0. The van der Waals surface area contributed by atoms with Crippen LogP contribution in [-0.4, -0.2) is 36.1 Å². The smallest absolute Gasteiger partial charge is 0.264 e. The van der Waals surface area contributed by atoms with Crippen molar-refractivity contribution in [1.29, 1.82) is 0 Å². The van der Waals surface area contributed by atoms with Gasteiger partial charge in [0.2, 0.25) is 0 Å². The molecule has 1 saturated heterocycles. The lowest BCUT2D eigenvalue weighted by Crippen LogP contribution is -2.48. The van der Waals surface area contributed by atoms with Gasteiger partial charge in [-0.1, -0.05) is 0 Å². The minimum absolute atomic E-state index is 0.116. The molecule has 17 heavy (non-hydrogen) atoms. The molecule has 1 aliphatic heterocycles. The zero-order valence-electron chi connectivity index (χ0n) is 10.2. The predicted octanol–water partition coefficient (Wildman–Crippen LogP) is 3.07. The highest BCUT2D eigenvalue weighted by Gasteiger charge is 2.27. The van der Waals surface area contributed by atoms with Gasteiger partial charge in [0, 0.05) is 13.1 Å². The van der Waals surface area contributed by atoms with Crippen molar-refractivity contribution < 1.29 is 9.53 Å². The maximum absolute atomic E-state index is 12.3. The van der Waals surface area contributed by atoms with Crippen LogP contribution in [0.2, 0.25) is 0 Å². The highest BCUT2D eigenvalue weighted by molar-refractivity contribution is 9.11. The SMILES string of the molecule is Cc1cc(C(=O)N2C[C@@H](C)O[C@@H](C)C2)sc1Br.